The van der Waals surface area contributed by atoms with Gasteiger partial charge in [0.25, 0.3) is 5.91 Å². The Kier molecular flexibility index (Phi) is 4.07. The second-order valence-electron chi connectivity index (χ2n) is 7.04. The number of nitrogens with zero attached hydrogens (tertiary/aromatic N) is 2. The number of aromatic nitrogens is 2. The Hall–Kier alpha value is -3.35. The standard InChI is InChI=1S/C20H20N4O3/c1-11(2)19-14-7-6-13(8-16(14)22-23-19)21-15-5-3-4-12-9-24(10-17(25)26)20(27)18(12)15/h3-8,11,21H,9-10H2,1-2H3,(H,22,23)(H,25,26). The maximum absolute atomic E-state index is 12.6. The van der Waals surface area contributed by atoms with E-state index in [1.165, 1.54) is 4.90 Å². The van der Waals surface area contributed by atoms with Gasteiger partial charge in [0.2, 0.25) is 0 Å². The maximum atomic E-state index is 12.6. The van der Waals surface area contributed by atoms with E-state index in [9.17, 15) is 9.59 Å². The Labute approximate surface area is 156 Å². The molecule has 0 saturated carbocycles. The van der Waals surface area contributed by atoms with Crippen LogP contribution in [-0.2, 0) is 11.3 Å². The molecule has 27 heavy (non-hydrogen) atoms. The molecule has 1 aliphatic rings. The lowest BCUT2D eigenvalue weighted by Gasteiger charge is -2.13. The number of aliphatic carboxylic acids is 1. The van der Waals surface area contributed by atoms with Crippen LogP contribution in [0.1, 0.15) is 41.4 Å². The molecule has 0 fully saturated rings. The highest BCUT2D eigenvalue weighted by atomic mass is 16.4. The molecule has 7 heteroatoms. The highest BCUT2D eigenvalue weighted by Crippen LogP contribution is 2.32. The molecule has 1 amide bonds. The molecule has 3 N–H and O–H groups in total. The molecular formula is C20H20N4O3. The van der Waals surface area contributed by atoms with Gasteiger partial charge in [-0.05, 0) is 35.7 Å². The van der Waals surface area contributed by atoms with Crippen molar-refractivity contribution in [3.63, 3.8) is 0 Å². The lowest BCUT2D eigenvalue weighted by atomic mass is 10.1. The Bertz CT molecular complexity index is 1050. The predicted molar refractivity (Wildman–Crippen MR) is 102 cm³/mol. The van der Waals surface area contributed by atoms with Crippen molar-refractivity contribution in [1.82, 2.24) is 15.1 Å². The average Bonchev–Trinajstić information content (AvgIpc) is 3.16. The molecule has 2 aromatic carbocycles. The number of rotatable bonds is 5. The summed E-state index contributed by atoms with van der Waals surface area (Å²) < 4.78 is 0. The summed E-state index contributed by atoms with van der Waals surface area (Å²) in [5.74, 6) is -0.932. The van der Waals surface area contributed by atoms with Crippen molar-refractivity contribution < 1.29 is 14.7 Å². The van der Waals surface area contributed by atoms with Gasteiger partial charge in [-0.25, -0.2) is 0 Å². The number of benzene rings is 2. The Morgan fingerprint density at radius 1 is 1.33 bits per heavy atom. The van der Waals surface area contributed by atoms with Crippen LogP contribution in [0.25, 0.3) is 10.9 Å². The van der Waals surface area contributed by atoms with Crippen LogP contribution in [0.2, 0.25) is 0 Å². The van der Waals surface area contributed by atoms with Gasteiger partial charge < -0.3 is 15.3 Å². The normalized spacial score (nSPS) is 13.4. The van der Waals surface area contributed by atoms with Crippen molar-refractivity contribution in [2.75, 3.05) is 11.9 Å². The van der Waals surface area contributed by atoms with Gasteiger partial charge >= 0.3 is 5.97 Å². The minimum Gasteiger partial charge on any atom is -0.480 e. The number of amides is 1. The Morgan fingerprint density at radius 2 is 2.15 bits per heavy atom. The number of nitrogens with one attached hydrogen (secondary N) is 2. The number of hydrogen-bond acceptors (Lipinski definition) is 4. The van der Waals surface area contributed by atoms with E-state index in [1.807, 2.05) is 36.4 Å². The minimum absolute atomic E-state index is 0.265. The smallest absolute Gasteiger partial charge is 0.323 e. The van der Waals surface area contributed by atoms with Gasteiger partial charge in [0.05, 0.1) is 16.8 Å². The van der Waals surface area contributed by atoms with Crippen LogP contribution in [0.3, 0.4) is 0 Å². The number of hydrogen-bond donors (Lipinski definition) is 3. The lowest BCUT2D eigenvalue weighted by Crippen LogP contribution is -2.30. The number of aromatic amines is 1. The summed E-state index contributed by atoms with van der Waals surface area (Å²) in [4.78, 5) is 25.0. The molecule has 0 atom stereocenters. The molecule has 0 aliphatic carbocycles. The highest BCUT2D eigenvalue weighted by Gasteiger charge is 2.31. The third-order valence-corrected chi connectivity index (χ3v) is 4.78. The monoisotopic (exact) mass is 364 g/mol. The summed E-state index contributed by atoms with van der Waals surface area (Å²) in [6.45, 7) is 4.23. The number of anilines is 2. The van der Waals surface area contributed by atoms with Crippen LogP contribution >= 0.6 is 0 Å². The van der Waals surface area contributed by atoms with Gasteiger partial charge in [0.15, 0.2) is 0 Å². The van der Waals surface area contributed by atoms with Crippen LogP contribution in [0.4, 0.5) is 11.4 Å². The largest absolute Gasteiger partial charge is 0.480 e. The number of carbonyl (C=O) groups excluding carboxylic acids is 1. The third-order valence-electron chi connectivity index (χ3n) is 4.78. The van der Waals surface area contributed by atoms with E-state index in [0.29, 0.717) is 23.7 Å². The zero-order valence-corrected chi connectivity index (χ0v) is 15.1. The van der Waals surface area contributed by atoms with E-state index in [-0.39, 0.29) is 12.5 Å². The topological polar surface area (TPSA) is 98.3 Å². The predicted octanol–water partition coefficient (Wildman–Crippen LogP) is 3.47. The van der Waals surface area contributed by atoms with Crippen molar-refractivity contribution in [1.29, 1.82) is 0 Å². The number of carbonyl (C=O) groups is 2. The Balaban J connectivity index is 1.65. The second kappa shape index (κ2) is 6.42. The third kappa shape index (κ3) is 3.01. The first kappa shape index (κ1) is 17.1. The summed E-state index contributed by atoms with van der Waals surface area (Å²) in [5.41, 5.74) is 4.80. The van der Waals surface area contributed by atoms with Crippen LogP contribution in [0.15, 0.2) is 36.4 Å². The molecule has 4 rings (SSSR count). The van der Waals surface area contributed by atoms with E-state index in [1.54, 1.807) is 0 Å². The van der Waals surface area contributed by atoms with Gasteiger partial charge in [-0.1, -0.05) is 26.0 Å². The molecular weight excluding hydrogens is 344 g/mol. The summed E-state index contributed by atoms with van der Waals surface area (Å²) in [7, 11) is 0. The van der Waals surface area contributed by atoms with E-state index in [4.69, 9.17) is 5.11 Å². The molecule has 0 saturated heterocycles. The van der Waals surface area contributed by atoms with Gasteiger partial charge in [0, 0.05) is 23.3 Å². The molecule has 1 aliphatic heterocycles. The lowest BCUT2D eigenvalue weighted by molar-refractivity contribution is -0.137. The van der Waals surface area contributed by atoms with E-state index >= 15 is 0 Å². The summed E-state index contributed by atoms with van der Waals surface area (Å²) in [5, 5.41) is 20.8. The average molecular weight is 364 g/mol. The van der Waals surface area contributed by atoms with Gasteiger partial charge in [-0.15, -0.1) is 0 Å². The molecule has 7 nitrogen and oxygen atoms in total. The van der Waals surface area contributed by atoms with E-state index in [2.05, 4.69) is 29.4 Å². The first-order valence-electron chi connectivity index (χ1n) is 8.82. The molecule has 0 spiro atoms. The van der Waals surface area contributed by atoms with E-state index in [0.717, 1.165) is 27.8 Å². The molecule has 0 radical (unpaired) electrons. The fraction of sp³-hybridized carbons (Fsp3) is 0.250. The summed E-state index contributed by atoms with van der Waals surface area (Å²) >= 11 is 0. The molecule has 138 valence electrons. The van der Waals surface area contributed by atoms with E-state index < -0.39 is 5.97 Å². The summed E-state index contributed by atoms with van der Waals surface area (Å²) in [6.07, 6.45) is 0. The van der Waals surface area contributed by atoms with Crippen molar-refractivity contribution in [3.05, 3.63) is 53.2 Å². The zero-order valence-electron chi connectivity index (χ0n) is 15.1. The SMILES string of the molecule is CC(C)c1[nH]nc2cc(Nc3cccc4c3C(=O)N(CC(=O)O)C4)ccc12. The number of H-pyrrole nitrogens is 1. The zero-order chi connectivity index (χ0) is 19.1. The summed E-state index contributed by atoms with van der Waals surface area (Å²) in [6, 6.07) is 11.4. The van der Waals surface area contributed by atoms with Crippen LogP contribution in [0.5, 0.6) is 0 Å². The van der Waals surface area contributed by atoms with Crippen molar-refractivity contribution >= 4 is 34.2 Å². The second-order valence-corrected chi connectivity index (χ2v) is 7.04. The van der Waals surface area contributed by atoms with Crippen molar-refractivity contribution in [3.8, 4) is 0 Å². The Morgan fingerprint density at radius 3 is 2.89 bits per heavy atom. The molecule has 2 heterocycles. The molecule has 0 unspecified atom stereocenters. The number of carboxylic acids is 1. The minimum atomic E-state index is -1.02. The molecule has 3 aromatic rings. The first-order valence-corrected chi connectivity index (χ1v) is 8.82. The van der Waals surface area contributed by atoms with Gasteiger partial charge in [0.1, 0.15) is 6.54 Å². The molecule has 0 bridgehead atoms. The maximum Gasteiger partial charge on any atom is 0.323 e. The fourth-order valence-electron chi connectivity index (χ4n) is 3.52. The van der Waals surface area contributed by atoms with Crippen molar-refractivity contribution in [2.24, 2.45) is 0 Å². The van der Waals surface area contributed by atoms with Crippen LogP contribution in [-0.4, -0.2) is 38.6 Å². The first-order chi connectivity index (χ1) is 12.9. The van der Waals surface area contributed by atoms with Gasteiger partial charge in [-0.3, -0.25) is 14.7 Å². The highest BCUT2D eigenvalue weighted by molar-refractivity contribution is 6.05. The van der Waals surface area contributed by atoms with Crippen LogP contribution < -0.4 is 5.32 Å². The quantitative estimate of drug-likeness (QED) is 0.644. The number of fused-ring (bicyclic) bond motifs is 2. The van der Waals surface area contributed by atoms with Gasteiger partial charge in [-0.2, -0.15) is 5.10 Å². The van der Waals surface area contributed by atoms with Crippen molar-refractivity contribution in [2.45, 2.75) is 26.3 Å². The van der Waals surface area contributed by atoms with Crippen LogP contribution in [0, 0.1) is 0 Å². The number of carboxylic acid groups (broad SMARTS) is 1. The molecule has 1 aromatic heterocycles. The fourth-order valence-corrected chi connectivity index (χ4v) is 3.52.